The highest BCUT2D eigenvalue weighted by Gasteiger charge is 2.12. The smallest absolute Gasteiger partial charge is 0.200 e. The molecule has 2 rings (SSSR count). The van der Waals surface area contributed by atoms with Crippen molar-refractivity contribution in [1.29, 1.82) is 5.26 Å². The Morgan fingerprint density at radius 1 is 1.10 bits per heavy atom. The Hall–Kier alpha value is -2.00. The highest BCUT2D eigenvalue weighted by atomic mass is 79.9. The number of hydrogen-bond donors (Lipinski definition) is 0. The van der Waals surface area contributed by atoms with Gasteiger partial charge in [-0.05, 0) is 30.3 Å². The second-order valence-electron chi connectivity index (χ2n) is 3.91. The van der Waals surface area contributed by atoms with Gasteiger partial charge >= 0.3 is 0 Å². The normalized spacial score (nSPS) is 10.2. The summed E-state index contributed by atoms with van der Waals surface area (Å²) >= 11 is 3.01. The van der Waals surface area contributed by atoms with Crippen molar-refractivity contribution in [3.63, 3.8) is 0 Å². The van der Waals surface area contributed by atoms with E-state index >= 15 is 0 Å². The second-order valence-corrected chi connectivity index (χ2v) is 4.82. The fourth-order valence-corrected chi connectivity index (χ4v) is 1.96. The molecule has 0 saturated carbocycles. The zero-order valence-corrected chi connectivity index (χ0v) is 11.5. The molecule has 0 fully saturated rings. The molecule has 0 heterocycles. The first kappa shape index (κ1) is 14.4. The summed E-state index contributed by atoms with van der Waals surface area (Å²) in [7, 11) is 0. The molecule has 2 aromatic rings. The monoisotopic (exact) mass is 341 g/mol. The predicted molar refractivity (Wildman–Crippen MR) is 69.5 cm³/mol. The summed E-state index contributed by atoms with van der Waals surface area (Å²) < 4.78 is 45.5. The number of ether oxygens (including phenoxy) is 1. The van der Waals surface area contributed by atoms with Crippen LogP contribution in [0.1, 0.15) is 11.1 Å². The summed E-state index contributed by atoms with van der Waals surface area (Å²) in [5.74, 6) is -3.14. The van der Waals surface area contributed by atoms with Crippen LogP contribution in [0.5, 0.6) is 5.75 Å². The zero-order valence-electron chi connectivity index (χ0n) is 9.96. The Bertz CT molecular complexity index is 698. The zero-order chi connectivity index (χ0) is 14.7. The fraction of sp³-hybridized carbons (Fsp3) is 0.0714. The molecule has 0 bridgehead atoms. The third-order valence-corrected chi connectivity index (χ3v) is 2.98. The van der Waals surface area contributed by atoms with Crippen molar-refractivity contribution >= 4 is 15.9 Å². The van der Waals surface area contributed by atoms with Crippen LogP contribution in [0.4, 0.5) is 13.2 Å². The average molecular weight is 342 g/mol. The van der Waals surface area contributed by atoms with Gasteiger partial charge in [0, 0.05) is 10.0 Å². The quantitative estimate of drug-likeness (QED) is 0.779. The lowest BCUT2D eigenvalue weighted by molar-refractivity contribution is 0.279. The number of nitrogens with zero attached hydrogens (tertiary/aromatic N) is 1. The van der Waals surface area contributed by atoms with Gasteiger partial charge in [0.15, 0.2) is 11.6 Å². The molecule has 0 aliphatic heterocycles. The molecule has 0 saturated heterocycles. The van der Waals surface area contributed by atoms with Gasteiger partial charge in [0.1, 0.15) is 12.4 Å². The number of rotatable bonds is 3. The van der Waals surface area contributed by atoms with Crippen molar-refractivity contribution in [2.45, 2.75) is 6.61 Å². The molecule has 0 atom stereocenters. The van der Waals surface area contributed by atoms with E-state index in [0.717, 1.165) is 12.1 Å². The van der Waals surface area contributed by atoms with E-state index in [1.165, 1.54) is 18.2 Å². The van der Waals surface area contributed by atoms with E-state index in [2.05, 4.69) is 15.9 Å². The molecule has 0 amide bonds. The molecule has 102 valence electrons. The third kappa shape index (κ3) is 3.11. The van der Waals surface area contributed by atoms with E-state index < -0.39 is 17.5 Å². The van der Waals surface area contributed by atoms with Crippen LogP contribution < -0.4 is 4.74 Å². The number of nitriles is 1. The first-order valence-corrected chi connectivity index (χ1v) is 6.26. The Morgan fingerprint density at radius 2 is 1.85 bits per heavy atom. The SMILES string of the molecule is N#Cc1ccc(F)c(COc2cc(Br)cc(F)c2F)c1. The van der Waals surface area contributed by atoms with Crippen molar-refractivity contribution in [2.75, 3.05) is 0 Å². The Labute approximate surface area is 121 Å². The molecule has 0 aliphatic carbocycles. The molecule has 2 nitrogen and oxygen atoms in total. The van der Waals surface area contributed by atoms with Crippen LogP contribution in [-0.2, 0) is 6.61 Å². The van der Waals surface area contributed by atoms with E-state index in [9.17, 15) is 13.2 Å². The van der Waals surface area contributed by atoms with Crippen molar-refractivity contribution < 1.29 is 17.9 Å². The van der Waals surface area contributed by atoms with Crippen LogP contribution in [0.2, 0.25) is 0 Å². The molecule has 0 unspecified atom stereocenters. The molecule has 0 aromatic heterocycles. The second kappa shape index (κ2) is 5.97. The minimum absolute atomic E-state index is 0.0869. The highest BCUT2D eigenvalue weighted by molar-refractivity contribution is 9.10. The maximum atomic E-state index is 13.5. The van der Waals surface area contributed by atoms with Gasteiger partial charge in [0.2, 0.25) is 5.82 Å². The van der Waals surface area contributed by atoms with Gasteiger partial charge in [0.25, 0.3) is 0 Å². The molecular formula is C14H7BrF3NO. The number of benzene rings is 2. The lowest BCUT2D eigenvalue weighted by Crippen LogP contribution is -2.02. The van der Waals surface area contributed by atoms with Gasteiger partial charge in [-0.3, -0.25) is 0 Å². The maximum Gasteiger partial charge on any atom is 0.200 e. The van der Waals surface area contributed by atoms with Gasteiger partial charge in [0.05, 0.1) is 11.6 Å². The minimum Gasteiger partial charge on any atom is -0.486 e. The van der Waals surface area contributed by atoms with Crippen LogP contribution in [0.25, 0.3) is 0 Å². The highest BCUT2D eigenvalue weighted by Crippen LogP contribution is 2.26. The fourth-order valence-electron chi connectivity index (χ4n) is 1.55. The molecule has 2 aromatic carbocycles. The molecular weight excluding hydrogens is 335 g/mol. The lowest BCUT2D eigenvalue weighted by Gasteiger charge is -2.09. The standard InChI is InChI=1S/C14H7BrF3NO/c15-10-4-12(17)14(18)13(5-10)20-7-9-3-8(6-19)1-2-11(9)16/h1-5H,7H2. The first-order valence-electron chi connectivity index (χ1n) is 5.47. The molecule has 20 heavy (non-hydrogen) atoms. The summed E-state index contributed by atoms with van der Waals surface area (Å²) in [6.07, 6.45) is 0. The summed E-state index contributed by atoms with van der Waals surface area (Å²) in [5.41, 5.74) is 0.342. The number of hydrogen-bond acceptors (Lipinski definition) is 2. The summed E-state index contributed by atoms with van der Waals surface area (Å²) in [4.78, 5) is 0. The van der Waals surface area contributed by atoms with Crippen molar-refractivity contribution in [3.05, 3.63) is 63.4 Å². The van der Waals surface area contributed by atoms with Crippen molar-refractivity contribution in [1.82, 2.24) is 0 Å². The van der Waals surface area contributed by atoms with Crippen LogP contribution in [0.3, 0.4) is 0 Å². The summed E-state index contributed by atoms with van der Waals surface area (Å²) in [5, 5.41) is 8.73. The summed E-state index contributed by atoms with van der Waals surface area (Å²) in [6.45, 7) is -0.311. The van der Waals surface area contributed by atoms with Gasteiger partial charge in [-0.25, -0.2) is 8.78 Å². The lowest BCUT2D eigenvalue weighted by atomic mass is 10.1. The Morgan fingerprint density at radius 3 is 2.55 bits per heavy atom. The van der Waals surface area contributed by atoms with Gasteiger partial charge in [-0.2, -0.15) is 9.65 Å². The van der Waals surface area contributed by atoms with E-state index in [0.29, 0.717) is 4.47 Å². The summed E-state index contributed by atoms with van der Waals surface area (Å²) in [6, 6.07) is 7.79. The largest absolute Gasteiger partial charge is 0.486 e. The molecule has 0 aliphatic rings. The van der Waals surface area contributed by atoms with Crippen molar-refractivity contribution in [2.24, 2.45) is 0 Å². The topological polar surface area (TPSA) is 33.0 Å². The van der Waals surface area contributed by atoms with Gasteiger partial charge in [-0.15, -0.1) is 0 Å². The van der Waals surface area contributed by atoms with E-state index in [4.69, 9.17) is 10.00 Å². The first-order chi connectivity index (χ1) is 9.51. The van der Waals surface area contributed by atoms with Gasteiger partial charge in [-0.1, -0.05) is 15.9 Å². The maximum absolute atomic E-state index is 13.5. The molecule has 6 heteroatoms. The van der Waals surface area contributed by atoms with Crippen LogP contribution in [-0.4, -0.2) is 0 Å². The van der Waals surface area contributed by atoms with E-state index in [-0.39, 0.29) is 23.5 Å². The Kier molecular flexibility index (Phi) is 4.30. The van der Waals surface area contributed by atoms with Crippen LogP contribution in [0, 0.1) is 28.8 Å². The average Bonchev–Trinajstić information content (AvgIpc) is 2.42. The van der Waals surface area contributed by atoms with Crippen molar-refractivity contribution in [3.8, 4) is 11.8 Å². The van der Waals surface area contributed by atoms with Crippen LogP contribution >= 0.6 is 15.9 Å². The Balaban J connectivity index is 2.23. The van der Waals surface area contributed by atoms with Crippen LogP contribution in [0.15, 0.2) is 34.8 Å². The third-order valence-electron chi connectivity index (χ3n) is 2.52. The van der Waals surface area contributed by atoms with E-state index in [1.807, 2.05) is 6.07 Å². The minimum atomic E-state index is -1.15. The van der Waals surface area contributed by atoms with E-state index in [1.54, 1.807) is 0 Å². The van der Waals surface area contributed by atoms with Gasteiger partial charge < -0.3 is 4.74 Å². The molecule has 0 spiro atoms. The number of halogens is 4. The predicted octanol–water partition coefficient (Wildman–Crippen LogP) is 4.32. The molecule has 0 N–H and O–H groups in total. The molecule has 0 radical (unpaired) electrons.